The van der Waals surface area contributed by atoms with Crippen molar-refractivity contribution in [3.8, 4) is 0 Å². The maximum atomic E-state index is 13.5. The van der Waals surface area contributed by atoms with Crippen molar-refractivity contribution in [1.29, 1.82) is 0 Å². The average molecular weight is 1480 g/mol. The number of aliphatic hydroxyl groups excluding tert-OH is 11. The Labute approximate surface area is 631 Å². The first-order chi connectivity index (χ1) is 50.8. The molecule has 19 heteroatoms. The summed E-state index contributed by atoms with van der Waals surface area (Å²) in [5.74, 6) is -0.239. The van der Waals surface area contributed by atoms with Gasteiger partial charge >= 0.3 is 0 Å². The highest BCUT2D eigenvalue weighted by Gasteiger charge is 2.54. The van der Waals surface area contributed by atoms with E-state index >= 15 is 0 Å². The van der Waals surface area contributed by atoms with Gasteiger partial charge in [-0.1, -0.05) is 345 Å². The van der Waals surface area contributed by atoms with Gasteiger partial charge in [0.2, 0.25) is 5.91 Å². The molecule has 0 aromatic heterocycles. The third kappa shape index (κ3) is 44.6. The van der Waals surface area contributed by atoms with Crippen molar-refractivity contribution in [1.82, 2.24) is 5.32 Å². The van der Waals surface area contributed by atoms with Crippen LogP contribution in [0.3, 0.4) is 0 Å². The van der Waals surface area contributed by atoms with Crippen LogP contribution in [0, 0.1) is 0 Å². The number of allylic oxidation sites excluding steroid dienone is 8. The first-order valence-electron chi connectivity index (χ1n) is 42.9. The Morgan fingerprint density at radius 2 is 0.663 bits per heavy atom. The van der Waals surface area contributed by atoms with E-state index in [4.69, 9.17) is 28.4 Å². The molecule has 3 fully saturated rings. The molecule has 19 nitrogen and oxygen atoms in total. The van der Waals surface area contributed by atoms with E-state index in [0.717, 1.165) is 70.6 Å². The van der Waals surface area contributed by atoms with E-state index in [1.165, 1.54) is 250 Å². The van der Waals surface area contributed by atoms with Crippen molar-refractivity contribution in [3.63, 3.8) is 0 Å². The molecule has 3 aliphatic rings. The standard InChI is InChI=1S/C85H157NO18/c1-3-5-7-9-11-13-15-17-19-21-23-25-27-29-31-32-33-34-35-37-38-40-42-44-46-48-50-52-54-56-58-60-62-69(90)68(86-73(91)63-61-59-57-55-53-51-49-47-45-43-41-39-36-30-28-26-24-22-20-18-16-14-12-10-8-6-4-2)67-99-83-79(97)76(94)81(71(65-88)101-83)104-85-80(98)77(95)82(72(66-89)102-85)103-84-78(96)75(93)74(92)70(64-87)100-84/h6,8,12,14,18,20,24,26,68-72,74-85,87-90,92-98H,3-5,7,9-11,13,15-17,19,21-23,25,27-67H2,1-2H3,(H,86,91)/b8-6-,14-12-,20-18-,26-24-. The quantitative estimate of drug-likeness (QED) is 0.0199. The van der Waals surface area contributed by atoms with Crippen molar-refractivity contribution in [2.45, 2.75) is 458 Å². The second kappa shape index (κ2) is 65.5. The molecule has 0 radical (unpaired) electrons. The Morgan fingerprint density at radius 3 is 1.04 bits per heavy atom. The summed E-state index contributed by atoms with van der Waals surface area (Å²) in [6.45, 7) is 1.74. The number of ether oxygens (including phenoxy) is 6. The lowest BCUT2D eigenvalue weighted by Gasteiger charge is -2.48. The molecular weight excluding hydrogens is 1320 g/mol. The van der Waals surface area contributed by atoms with E-state index in [0.29, 0.717) is 12.8 Å². The Kier molecular flexibility index (Phi) is 60.4. The van der Waals surface area contributed by atoms with E-state index in [-0.39, 0.29) is 18.9 Å². The second-order valence-electron chi connectivity index (χ2n) is 30.6. The van der Waals surface area contributed by atoms with Gasteiger partial charge in [-0.3, -0.25) is 4.79 Å². The van der Waals surface area contributed by atoms with E-state index < -0.39 is 124 Å². The van der Waals surface area contributed by atoms with Gasteiger partial charge in [0.05, 0.1) is 38.6 Å². The minimum Gasteiger partial charge on any atom is -0.394 e. The van der Waals surface area contributed by atoms with Crippen LogP contribution in [0.4, 0.5) is 0 Å². The topological polar surface area (TPSA) is 307 Å². The zero-order valence-corrected chi connectivity index (χ0v) is 65.5. The fourth-order valence-corrected chi connectivity index (χ4v) is 14.6. The van der Waals surface area contributed by atoms with Crippen LogP contribution in [0.15, 0.2) is 48.6 Å². The van der Waals surface area contributed by atoms with Gasteiger partial charge in [-0.25, -0.2) is 0 Å². The molecule has 17 unspecified atom stereocenters. The summed E-state index contributed by atoms with van der Waals surface area (Å²) in [5, 5.41) is 121. The van der Waals surface area contributed by atoms with Crippen molar-refractivity contribution in [2.24, 2.45) is 0 Å². The molecule has 12 N–H and O–H groups in total. The van der Waals surface area contributed by atoms with Crippen LogP contribution in [-0.4, -0.2) is 193 Å². The molecule has 0 spiro atoms. The predicted octanol–water partition coefficient (Wildman–Crippen LogP) is 15.2. The van der Waals surface area contributed by atoms with Crippen LogP contribution in [-0.2, 0) is 33.2 Å². The van der Waals surface area contributed by atoms with E-state index in [2.05, 4.69) is 67.8 Å². The average Bonchev–Trinajstić information content (AvgIpc) is 0.783. The molecule has 0 bridgehead atoms. The molecule has 3 aliphatic heterocycles. The minimum atomic E-state index is -1.97. The van der Waals surface area contributed by atoms with Crippen molar-refractivity contribution < 1.29 is 89.4 Å². The smallest absolute Gasteiger partial charge is 0.220 e. The molecule has 3 heterocycles. The maximum Gasteiger partial charge on any atom is 0.220 e. The van der Waals surface area contributed by atoms with Gasteiger partial charge < -0.3 is 89.9 Å². The number of nitrogens with one attached hydrogen (secondary N) is 1. The first kappa shape index (κ1) is 96.0. The van der Waals surface area contributed by atoms with Gasteiger partial charge in [0.15, 0.2) is 18.9 Å². The summed E-state index contributed by atoms with van der Waals surface area (Å²) in [5.41, 5.74) is 0. The lowest BCUT2D eigenvalue weighted by atomic mass is 9.96. The SMILES string of the molecule is CC/C=C\C/C=C\C/C=C\C/C=C\CCCCCCCCCCCCCCCCC(=O)NC(COC1OC(CO)C(OC2OC(CO)C(OC3OC(CO)C(O)C(O)C3O)C(O)C2O)C(O)C1O)C(O)CCCCCCCCCCCCCCCCCCCCCCCCCCCCCCCCCC. The molecule has 0 saturated carbocycles. The molecule has 610 valence electrons. The van der Waals surface area contributed by atoms with Crippen LogP contribution >= 0.6 is 0 Å². The lowest BCUT2D eigenvalue weighted by molar-refractivity contribution is -0.379. The third-order valence-corrected chi connectivity index (χ3v) is 21.4. The molecule has 3 rings (SSSR count). The summed E-state index contributed by atoms with van der Waals surface area (Å²) in [6, 6.07) is -0.891. The van der Waals surface area contributed by atoms with Crippen LogP contribution in [0.2, 0.25) is 0 Å². The number of hydrogen-bond donors (Lipinski definition) is 12. The van der Waals surface area contributed by atoms with E-state index in [1.807, 2.05) is 0 Å². The zero-order valence-electron chi connectivity index (χ0n) is 65.5. The maximum absolute atomic E-state index is 13.5. The van der Waals surface area contributed by atoms with Crippen molar-refractivity contribution in [3.05, 3.63) is 48.6 Å². The minimum absolute atomic E-state index is 0.239. The summed E-state index contributed by atoms with van der Waals surface area (Å²) in [4.78, 5) is 13.5. The van der Waals surface area contributed by atoms with Crippen molar-refractivity contribution in [2.75, 3.05) is 26.4 Å². The van der Waals surface area contributed by atoms with Gasteiger partial charge in [0.1, 0.15) is 73.2 Å². The number of carbonyl (C=O) groups is 1. The molecular formula is C85H157NO18. The van der Waals surface area contributed by atoms with Gasteiger partial charge in [-0.15, -0.1) is 0 Å². The molecule has 17 atom stereocenters. The summed E-state index contributed by atoms with van der Waals surface area (Å²) in [6.07, 6.45) is 56.4. The number of hydrogen-bond acceptors (Lipinski definition) is 18. The zero-order chi connectivity index (χ0) is 75.3. The highest BCUT2D eigenvalue weighted by molar-refractivity contribution is 5.76. The predicted molar refractivity (Wildman–Crippen MR) is 416 cm³/mol. The highest BCUT2D eigenvalue weighted by atomic mass is 16.8. The van der Waals surface area contributed by atoms with Crippen LogP contribution < -0.4 is 5.32 Å². The number of rotatable bonds is 69. The summed E-state index contributed by atoms with van der Waals surface area (Å²) < 4.78 is 34.6. The number of aliphatic hydroxyl groups is 11. The fraction of sp³-hybridized carbons (Fsp3) is 0.894. The van der Waals surface area contributed by atoms with E-state index in [9.17, 15) is 61.0 Å². The van der Waals surface area contributed by atoms with Crippen LogP contribution in [0.25, 0.3) is 0 Å². The lowest BCUT2D eigenvalue weighted by Crippen LogP contribution is -2.66. The second-order valence-corrected chi connectivity index (χ2v) is 30.6. The molecule has 0 aromatic carbocycles. The van der Waals surface area contributed by atoms with Crippen LogP contribution in [0.5, 0.6) is 0 Å². The van der Waals surface area contributed by atoms with Crippen LogP contribution in [0.1, 0.15) is 354 Å². The molecule has 0 aliphatic carbocycles. The summed E-state index contributed by atoms with van der Waals surface area (Å²) >= 11 is 0. The number of carbonyl (C=O) groups excluding carboxylic acids is 1. The molecule has 0 aromatic rings. The Hall–Kier alpha value is -2.25. The van der Waals surface area contributed by atoms with Gasteiger partial charge in [0, 0.05) is 6.42 Å². The normalized spacial score (nSPS) is 26.1. The van der Waals surface area contributed by atoms with Gasteiger partial charge in [-0.05, 0) is 51.4 Å². The Balaban J connectivity index is 1.34. The molecule has 1 amide bonds. The Bertz CT molecular complexity index is 2060. The third-order valence-electron chi connectivity index (χ3n) is 21.4. The first-order valence-corrected chi connectivity index (χ1v) is 42.9. The summed E-state index contributed by atoms with van der Waals surface area (Å²) in [7, 11) is 0. The molecule has 3 saturated heterocycles. The van der Waals surface area contributed by atoms with E-state index in [1.54, 1.807) is 0 Å². The number of amides is 1. The highest BCUT2D eigenvalue weighted by Crippen LogP contribution is 2.34. The van der Waals surface area contributed by atoms with Gasteiger partial charge in [0.25, 0.3) is 0 Å². The monoisotopic (exact) mass is 1480 g/mol. The van der Waals surface area contributed by atoms with Gasteiger partial charge in [-0.2, -0.15) is 0 Å². The Morgan fingerprint density at radius 1 is 0.356 bits per heavy atom. The molecule has 104 heavy (non-hydrogen) atoms. The van der Waals surface area contributed by atoms with Crippen molar-refractivity contribution >= 4 is 5.91 Å². The fourth-order valence-electron chi connectivity index (χ4n) is 14.6. The number of unbranched alkanes of at least 4 members (excludes halogenated alkanes) is 45. The largest absolute Gasteiger partial charge is 0.394 e.